The quantitative estimate of drug-likeness (QED) is 0.909. The monoisotopic (exact) mass is 321 g/mol. The third kappa shape index (κ3) is 3.18. The van der Waals surface area contributed by atoms with Gasteiger partial charge in [0.1, 0.15) is 11.5 Å². The molecule has 1 aliphatic rings. The molecule has 1 aliphatic heterocycles. The Hall–Kier alpha value is -2.44. The second kappa shape index (κ2) is 6.36. The van der Waals surface area contributed by atoms with Crippen molar-refractivity contribution in [3.63, 3.8) is 0 Å². The number of halogens is 2. The summed E-state index contributed by atoms with van der Waals surface area (Å²) in [4.78, 5) is 14.1. The van der Waals surface area contributed by atoms with E-state index in [9.17, 15) is 13.6 Å². The molecule has 3 rings (SSSR count). The highest BCUT2D eigenvalue weighted by Crippen LogP contribution is 2.31. The fourth-order valence-corrected chi connectivity index (χ4v) is 2.81. The van der Waals surface area contributed by atoms with Gasteiger partial charge in [0.15, 0.2) is 11.6 Å². The number of nitrogens with zero attached hydrogens (tertiary/aromatic N) is 2. The van der Waals surface area contributed by atoms with E-state index in [1.807, 2.05) is 0 Å². The van der Waals surface area contributed by atoms with E-state index in [1.54, 1.807) is 17.9 Å². The van der Waals surface area contributed by atoms with Crippen molar-refractivity contribution < 1.29 is 18.1 Å². The average Bonchev–Trinajstić information content (AvgIpc) is 2.98. The first-order valence-corrected chi connectivity index (χ1v) is 7.51. The predicted molar refractivity (Wildman–Crippen MR) is 79.9 cm³/mol. The first-order valence-electron chi connectivity index (χ1n) is 7.51. The van der Waals surface area contributed by atoms with Gasteiger partial charge in [0.25, 0.3) is 0 Å². The summed E-state index contributed by atoms with van der Waals surface area (Å²) < 4.78 is 32.1. The number of aromatic nitrogens is 1. The number of carbonyl (C=O) groups excluding carboxylic acids is 1. The summed E-state index contributed by atoms with van der Waals surface area (Å²) >= 11 is 0. The zero-order valence-electron chi connectivity index (χ0n) is 12.7. The number of rotatable bonds is 2. The molecule has 23 heavy (non-hydrogen) atoms. The highest BCUT2D eigenvalue weighted by molar-refractivity contribution is 5.89. The van der Waals surface area contributed by atoms with Gasteiger partial charge in [-0.25, -0.2) is 13.6 Å². The highest BCUT2D eigenvalue weighted by Gasteiger charge is 2.30. The number of likely N-dealkylation sites (tertiary alicyclic amines) is 1. The number of nitrogens with one attached hydrogen (secondary N) is 1. The van der Waals surface area contributed by atoms with Gasteiger partial charge in [0.05, 0.1) is 11.7 Å². The molecule has 7 heteroatoms. The topological polar surface area (TPSA) is 58.4 Å². The summed E-state index contributed by atoms with van der Waals surface area (Å²) in [6.07, 6.45) is 2.58. The van der Waals surface area contributed by atoms with Gasteiger partial charge < -0.3 is 14.7 Å². The molecule has 1 N–H and O–H groups in total. The van der Waals surface area contributed by atoms with Crippen molar-refractivity contribution in [3.05, 3.63) is 47.4 Å². The SMILES string of the molecule is Cc1cc([C@@H]2CCCCN2C(=O)Nc2cccc(F)c2F)no1. The average molecular weight is 321 g/mol. The molecular formula is C16H17F2N3O2. The van der Waals surface area contributed by atoms with E-state index in [1.165, 1.54) is 12.1 Å². The van der Waals surface area contributed by atoms with Crippen LogP contribution in [0.15, 0.2) is 28.8 Å². The lowest BCUT2D eigenvalue weighted by atomic mass is 9.99. The van der Waals surface area contributed by atoms with Crippen LogP contribution in [0.1, 0.15) is 36.8 Å². The van der Waals surface area contributed by atoms with Crippen LogP contribution in [-0.2, 0) is 0 Å². The third-order valence-electron chi connectivity index (χ3n) is 3.94. The summed E-state index contributed by atoms with van der Waals surface area (Å²) in [6, 6.07) is 4.78. The van der Waals surface area contributed by atoms with Crippen molar-refractivity contribution >= 4 is 11.7 Å². The molecule has 0 radical (unpaired) electrons. The summed E-state index contributed by atoms with van der Waals surface area (Å²) in [5.74, 6) is -1.39. The van der Waals surface area contributed by atoms with Crippen molar-refractivity contribution in [1.29, 1.82) is 0 Å². The van der Waals surface area contributed by atoms with E-state index in [-0.39, 0.29) is 11.7 Å². The maximum atomic E-state index is 13.7. The molecule has 0 saturated carbocycles. The number of hydrogen-bond acceptors (Lipinski definition) is 3. The largest absolute Gasteiger partial charge is 0.361 e. The van der Waals surface area contributed by atoms with E-state index in [0.717, 1.165) is 25.3 Å². The van der Waals surface area contributed by atoms with Crippen LogP contribution in [0.2, 0.25) is 0 Å². The Kier molecular flexibility index (Phi) is 4.27. The van der Waals surface area contributed by atoms with Crippen LogP contribution in [-0.4, -0.2) is 22.6 Å². The Morgan fingerprint density at radius 2 is 2.22 bits per heavy atom. The fraction of sp³-hybridized carbons (Fsp3) is 0.375. The van der Waals surface area contributed by atoms with Crippen molar-refractivity contribution in [2.75, 3.05) is 11.9 Å². The maximum absolute atomic E-state index is 13.7. The van der Waals surface area contributed by atoms with E-state index in [4.69, 9.17) is 4.52 Å². The molecule has 2 aromatic rings. The summed E-state index contributed by atoms with van der Waals surface area (Å²) in [5.41, 5.74) is 0.507. The van der Waals surface area contributed by atoms with Crippen molar-refractivity contribution in [1.82, 2.24) is 10.1 Å². The van der Waals surface area contributed by atoms with Gasteiger partial charge in [0.2, 0.25) is 0 Å². The molecule has 2 heterocycles. The number of urea groups is 1. The molecule has 1 aromatic carbocycles. The molecule has 0 unspecified atom stereocenters. The molecular weight excluding hydrogens is 304 g/mol. The molecule has 1 atom stereocenters. The molecule has 2 amide bonds. The van der Waals surface area contributed by atoms with Gasteiger partial charge in [-0.05, 0) is 38.3 Å². The van der Waals surface area contributed by atoms with Crippen LogP contribution >= 0.6 is 0 Å². The zero-order chi connectivity index (χ0) is 16.4. The van der Waals surface area contributed by atoms with Gasteiger partial charge in [-0.1, -0.05) is 11.2 Å². The summed E-state index contributed by atoms with van der Waals surface area (Å²) in [7, 11) is 0. The molecule has 122 valence electrons. The molecule has 0 bridgehead atoms. The highest BCUT2D eigenvalue weighted by atomic mass is 19.2. The van der Waals surface area contributed by atoms with Gasteiger partial charge in [-0.3, -0.25) is 0 Å². The lowest BCUT2D eigenvalue weighted by Gasteiger charge is -2.34. The van der Waals surface area contributed by atoms with Crippen molar-refractivity contribution in [3.8, 4) is 0 Å². The predicted octanol–water partition coefficient (Wildman–Crippen LogP) is 4.02. The smallest absolute Gasteiger partial charge is 0.322 e. The Balaban J connectivity index is 1.80. The lowest BCUT2D eigenvalue weighted by molar-refractivity contribution is 0.159. The molecule has 0 aliphatic carbocycles. The number of carbonyl (C=O) groups is 1. The molecule has 1 fully saturated rings. The van der Waals surface area contributed by atoms with Crippen molar-refractivity contribution in [2.45, 2.75) is 32.2 Å². The van der Waals surface area contributed by atoms with Crippen LogP contribution in [0.5, 0.6) is 0 Å². The normalized spacial score (nSPS) is 18.0. The first-order chi connectivity index (χ1) is 11.1. The number of benzene rings is 1. The Morgan fingerprint density at radius 3 is 2.96 bits per heavy atom. The molecule has 5 nitrogen and oxygen atoms in total. The number of aryl methyl sites for hydroxylation is 1. The van der Waals surface area contributed by atoms with Crippen LogP contribution in [0.25, 0.3) is 0 Å². The molecule has 0 spiro atoms. The Bertz CT molecular complexity index is 717. The van der Waals surface area contributed by atoms with E-state index >= 15 is 0 Å². The second-order valence-electron chi connectivity index (χ2n) is 5.60. The lowest BCUT2D eigenvalue weighted by Crippen LogP contribution is -2.41. The van der Waals surface area contributed by atoms with E-state index in [2.05, 4.69) is 10.5 Å². The van der Waals surface area contributed by atoms with Gasteiger partial charge in [-0.15, -0.1) is 0 Å². The van der Waals surface area contributed by atoms with Gasteiger partial charge in [0, 0.05) is 12.6 Å². The first kappa shape index (κ1) is 15.5. The standard InChI is InChI=1S/C16H17F2N3O2/c1-10-9-13(20-23-10)14-7-2-3-8-21(14)16(22)19-12-6-4-5-11(17)15(12)18/h4-6,9,14H,2-3,7-8H2,1H3,(H,19,22)/t14-/m0/s1. The Morgan fingerprint density at radius 1 is 1.39 bits per heavy atom. The Labute approximate surface area is 132 Å². The molecule has 1 saturated heterocycles. The van der Waals surface area contributed by atoms with Gasteiger partial charge >= 0.3 is 6.03 Å². The number of hydrogen-bond donors (Lipinski definition) is 1. The van der Waals surface area contributed by atoms with Crippen LogP contribution in [0.4, 0.5) is 19.3 Å². The number of amides is 2. The van der Waals surface area contributed by atoms with Crippen molar-refractivity contribution in [2.24, 2.45) is 0 Å². The van der Waals surface area contributed by atoms with Crippen LogP contribution < -0.4 is 5.32 Å². The van der Waals surface area contributed by atoms with Gasteiger partial charge in [-0.2, -0.15) is 0 Å². The minimum atomic E-state index is -1.06. The minimum Gasteiger partial charge on any atom is -0.361 e. The van der Waals surface area contributed by atoms with Crippen LogP contribution in [0.3, 0.4) is 0 Å². The zero-order valence-corrected chi connectivity index (χ0v) is 12.7. The van der Waals surface area contributed by atoms with Crippen LogP contribution in [0, 0.1) is 18.6 Å². The van der Waals surface area contributed by atoms with E-state index in [0.29, 0.717) is 18.0 Å². The fourth-order valence-electron chi connectivity index (χ4n) is 2.81. The third-order valence-corrected chi connectivity index (χ3v) is 3.94. The number of piperidine rings is 1. The summed E-state index contributed by atoms with van der Waals surface area (Å²) in [6.45, 7) is 2.31. The number of anilines is 1. The molecule has 1 aromatic heterocycles. The summed E-state index contributed by atoms with van der Waals surface area (Å²) in [5, 5.41) is 6.42. The maximum Gasteiger partial charge on any atom is 0.322 e. The van der Waals surface area contributed by atoms with E-state index < -0.39 is 17.7 Å². The minimum absolute atomic E-state index is 0.171. The second-order valence-corrected chi connectivity index (χ2v) is 5.60.